The molecular formula is C14H17FO6S. The average molecular weight is 332 g/mol. The summed E-state index contributed by atoms with van der Waals surface area (Å²) in [6.07, 6.45) is -4.99. The van der Waals surface area contributed by atoms with E-state index in [-0.39, 0.29) is 11.0 Å². The zero-order chi connectivity index (χ0) is 16.3. The van der Waals surface area contributed by atoms with Crippen LogP contribution in [0.1, 0.15) is 6.92 Å². The Kier molecular flexibility index (Phi) is 5.65. The number of ether oxygens (including phenoxy) is 4. The minimum Gasteiger partial charge on any atom is -0.447 e. The van der Waals surface area contributed by atoms with Gasteiger partial charge in [-0.25, -0.2) is 4.39 Å². The molecule has 0 aliphatic carbocycles. The van der Waals surface area contributed by atoms with Gasteiger partial charge in [-0.05, 0) is 31.2 Å². The van der Waals surface area contributed by atoms with Gasteiger partial charge in [0.15, 0.2) is 12.4 Å². The average Bonchev–Trinajstić information content (AvgIpc) is 2.49. The molecule has 1 aromatic carbocycles. The van der Waals surface area contributed by atoms with Crippen LogP contribution < -0.4 is 4.74 Å². The second kappa shape index (κ2) is 7.30. The highest BCUT2D eigenvalue weighted by molar-refractivity contribution is 7.79. The van der Waals surface area contributed by atoms with E-state index in [1.807, 2.05) is 0 Å². The fourth-order valence-corrected chi connectivity index (χ4v) is 2.27. The Morgan fingerprint density at radius 1 is 1.23 bits per heavy atom. The van der Waals surface area contributed by atoms with Crippen molar-refractivity contribution in [2.75, 3.05) is 7.11 Å². The molecule has 22 heavy (non-hydrogen) atoms. The molecule has 1 aliphatic heterocycles. The van der Waals surface area contributed by atoms with Crippen LogP contribution in [0.15, 0.2) is 24.3 Å². The Morgan fingerprint density at radius 2 is 1.86 bits per heavy atom. The van der Waals surface area contributed by atoms with E-state index in [9.17, 15) is 14.6 Å². The van der Waals surface area contributed by atoms with Crippen LogP contribution in [0.2, 0.25) is 0 Å². The summed E-state index contributed by atoms with van der Waals surface area (Å²) in [4.78, 5) is 0. The molecule has 1 fully saturated rings. The first kappa shape index (κ1) is 17.0. The van der Waals surface area contributed by atoms with Crippen LogP contribution >= 0.6 is 12.2 Å². The summed E-state index contributed by atoms with van der Waals surface area (Å²) >= 11 is 4.93. The quantitative estimate of drug-likeness (QED) is 0.799. The number of aliphatic hydroxyl groups is 2. The van der Waals surface area contributed by atoms with Crippen LogP contribution in [-0.2, 0) is 14.2 Å². The fraction of sp³-hybridized carbons (Fsp3) is 0.500. The van der Waals surface area contributed by atoms with Gasteiger partial charge in [0.25, 0.3) is 0 Å². The number of hydrogen-bond acceptors (Lipinski definition) is 7. The summed E-state index contributed by atoms with van der Waals surface area (Å²) in [7, 11) is 1.36. The van der Waals surface area contributed by atoms with E-state index in [0.717, 1.165) is 0 Å². The Labute approximate surface area is 132 Å². The molecule has 0 spiro atoms. The van der Waals surface area contributed by atoms with Crippen LogP contribution in [-0.4, -0.2) is 53.3 Å². The van der Waals surface area contributed by atoms with E-state index in [1.165, 1.54) is 31.4 Å². The van der Waals surface area contributed by atoms with Crippen LogP contribution in [0.3, 0.4) is 0 Å². The third kappa shape index (κ3) is 3.90. The highest BCUT2D eigenvalue weighted by atomic mass is 32.1. The molecular weight excluding hydrogens is 315 g/mol. The number of methoxy groups -OCH3 is 1. The largest absolute Gasteiger partial charge is 0.447 e. The summed E-state index contributed by atoms with van der Waals surface area (Å²) in [5.74, 6) is -0.134. The Bertz CT molecular complexity index is 511. The first-order valence-corrected chi connectivity index (χ1v) is 7.01. The van der Waals surface area contributed by atoms with E-state index in [1.54, 1.807) is 6.92 Å². The van der Waals surface area contributed by atoms with Crippen molar-refractivity contribution in [2.45, 2.75) is 37.6 Å². The van der Waals surface area contributed by atoms with Gasteiger partial charge in [-0.15, -0.1) is 0 Å². The summed E-state index contributed by atoms with van der Waals surface area (Å²) in [5, 5.41) is 19.8. The van der Waals surface area contributed by atoms with Crippen LogP contribution in [0.4, 0.5) is 4.39 Å². The van der Waals surface area contributed by atoms with Gasteiger partial charge in [-0.1, -0.05) is 0 Å². The third-order valence-electron chi connectivity index (χ3n) is 3.26. The molecule has 1 saturated heterocycles. The lowest BCUT2D eigenvalue weighted by Crippen LogP contribution is -2.58. The van der Waals surface area contributed by atoms with Crippen molar-refractivity contribution >= 4 is 17.5 Å². The normalized spacial score (nSPS) is 31.6. The molecule has 2 N–H and O–H groups in total. The third-order valence-corrected chi connectivity index (χ3v) is 3.44. The molecule has 0 radical (unpaired) electrons. The molecule has 0 bridgehead atoms. The number of hydrogen-bond donors (Lipinski definition) is 2. The van der Waals surface area contributed by atoms with Crippen molar-refractivity contribution in [2.24, 2.45) is 0 Å². The van der Waals surface area contributed by atoms with Crippen molar-refractivity contribution in [1.29, 1.82) is 0 Å². The maximum absolute atomic E-state index is 12.8. The Balaban J connectivity index is 2.00. The molecule has 1 heterocycles. The van der Waals surface area contributed by atoms with E-state index < -0.39 is 36.5 Å². The summed E-state index contributed by atoms with van der Waals surface area (Å²) in [6.45, 7) is 1.61. The summed E-state index contributed by atoms with van der Waals surface area (Å²) < 4.78 is 33.6. The highest BCUT2D eigenvalue weighted by Crippen LogP contribution is 2.24. The first-order chi connectivity index (χ1) is 10.4. The van der Waals surface area contributed by atoms with Crippen molar-refractivity contribution in [3.63, 3.8) is 0 Å². The smallest absolute Gasteiger partial charge is 0.358 e. The number of thiocarbonyl (C=S) groups is 1. The van der Waals surface area contributed by atoms with Crippen LogP contribution in [0.25, 0.3) is 0 Å². The van der Waals surface area contributed by atoms with Crippen molar-refractivity contribution in [1.82, 2.24) is 0 Å². The van der Waals surface area contributed by atoms with Crippen LogP contribution in [0, 0.1) is 5.82 Å². The molecule has 122 valence electrons. The first-order valence-electron chi connectivity index (χ1n) is 6.60. The molecule has 0 aromatic heterocycles. The maximum atomic E-state index is 12.8. The second-order valence-corrected chi connectivity index (χ2v) is 5.15. The molecule has 2 rings (SSSR count). The molecule has 6 nitrogen and oxygen atoms in total. The van der Waals surface area contributed by atoms with Gasteiger partial charge in [-0.3, -0.25) is 0 Å². The van der Waals surface area contributed by atoms with Gasteiger partial charge < -0.3 is 29.2 Å². The number of halogens is 1. The molecule has 5 atom stereocenters. The van der Waals surface area contributed by atoms with Gasteiger partial charge in [-0.2, -0.15) is 0 Å². The highest BCUT2D eigenvalue weighted by Gasteiger charge is 2.45. The van der Waals surface area contributed by atoms with E-state index >= 15 is 0 Å². The molecule has 1 aromatic rings. The van der Waals surface area contributed by atoms with E-state index in [2.05, 4.69) is 0 Å². The lowest BCUT2D eigenvalue weighted by molar-refractivity contribution is -0.284. The number of benzene rings is 1. The van der Waals surface area contributed by atoms with Crippen molar-refractivity contribution in [3.05, 3.63) is 30.1 Å². The lowest BCUT2D eigenvalue weighted by Gasteiger charge is -2.40. The standard InChI is InChI=1S/C14H17FO6S/c1-7-10(16)12(11(17)13(18-2)19-7)21-14(22)20-9-5-3-8(15)4-6-9/h3-7,10-13,16-17H,1-2H3/t7-,10+,11-,12+,13+/m0/s1. The predicted octanol–water partition coefficient (Wildman–Crippen LogP) is 0.988. The molecule has 0 saturated carbocycles. The number of rotatable bonds is 3. The second-order valence-electron chi connectivity index (χ2n) is 4.81. The summed E-state index contributed by atoms with van der Waals surface area (Å²) in [5.41, 5.74) is 0. The van der Waals surface area contributed by atoms with Gasteiger partial charge in [0.1, 0.15) is 23.8 Å². The van der Waals surface area contributed by atoms with Crippen molar-refractivity contribution < 1.29 is 33.6 Å². The zero-order valence-electron chi connectivity index (χ0n) is 12.0. The van der Waals surface area contributed by atoms with Gasteiger partial charge in [0, 0.05) is 19.3 Å². The maximum Gasteiger partial charge on any atom is 0.358 e. The lowest BCUT2D eigenvalue weighted by atomic mass is 10.00. The fourth-order valence-electron chi connectivity index (χ4n) is 2.06. The van der Waals surface area contributed by atoms with E-state index in [4.69, 9.17) is 31.2 Å². The van der Waals surface area contributed by atoms with E-state index in [0.29, 0.717) is 0 Å². The monoisotopic (exact) mass is 332 g/mol. The molecule has 0 amide bonds. The molecule has 0 unspecified atom stereocenters. The Morgan fingerprint density at radius 3 is 2.45 bits per heavy atom. The van der Waals surface area contributed by atoms with Gasteiger partial charge in [0.05, 0.1) is 6.10 Å². The molecule has 8 heteroatoms. The minimum absolute atomic E-state index is 0.277. The van der Waals surface area contributed by atoms with Crippen molar-refractivity contribution in [3.8, 4) is 5.75 Å². The topological polar surface area (TPSA) is 77.4 Å². The van der Waals surface area contributed by atoms with Crippen LogP contribution in [0.5, 0.6) is 5.75 Å². The Hall–Kier alpha value is -1.32. The summed E-state index contributed by atoms with van der Waals surface area (Å²) in [6, 6.07) is 5.17. The SMILES string of the molecule is CO[C@@H]1O[C@@H](C)[C@@H](O)[C@@H](OC(=S)Oc2ccc(F)cc2)[C@@H]1O. The number of aliphatic hydroxyl groups excluding tert-OH is 2. The van der Waals surface area contributed by atoms with Gasteiger partial charge >= 0.3 is 5.24 Å². The minimum atomic E-state index is -1.24. The molecule has 1 aliphatic rings. The van der Waals surface area contributed by atoms with Gasteiger partial charge in [0.2, 0.25) is 0 Å². The predicted molar refractivity (Wildman–Crippen MR) is 77.9 cm³/mol. The zero-order valence-corrected chi connectivity index (χ0v) is 12.8.